The Kier molecular flexibility index (Phi) is 170. The number of ether oxygens (including phenoxy) is 6. The van der Waals surface area contributed by atoms with Gasteiger partial charge in [-0.05, 0) is 77.0 Å². The molecule has 0 bridgehead atoms. The maximum Gasteiger partial charge on any atom is 1.00 e. The van der Waals surface area contributed by atoms with Gasteiger partial charge in [0.15, 0.2) is 0 Å². The Hall–Kier alpha value is 1.26. The van der Waals surface area contributed by atoms with Gasteiger partial charge >= 0.3 is 134 Å². The minimum absolute atomic E-state index is 0. The van der Waals surface area contributed by atoms with Gasteiger partial charge in [-0.15, -0.1) is 0 Å². The summed E-state index contributed by atoms with van der Waals surface area (Å²) in [7, 11) is 0. The van der Waals surface area contributed by atoms with Crippen LogP contribution in [0.1, 0.15) is 237 Å². The quantitative estimate of drug-likeness (QED) is 0.0197. The van der Waals surface area contributed by atoms with Crippen molar-refractivity contribution < 1.29 is 163 Å². The van der Waals surface area contributed by atoms with Gasteiger partial charge in [-0.3, -0.25) is 0 Å². The van der Waals surface area contributed by atoms with E-state index in [1.54, 1.807) is 0 Å². The van der Waals surface area contributed by atoms with Gasteiger partial charge in [0.05, 0.1) is 0 Å². The van der Waals surface area contributed by atoms with Crippen molar-refractivity contribution in [3.8, 4) is 0 Å². The Bertz CT molecular complexity index is 765. The third-order valence-electron chi connectivity index (χ3n) is 8.12. The molecule has 0 spiro atoms. The van der Waals surface area contributed by atoms with Crippen LogP contribution in [0.2, 0.25) is 0 Å². The summed E-state index contributed by atoms with van der Waals surface area (Å²) in [4.78, 5) is 23.8. The van der Waals surface area contributed by atoms with Crippen molar-refractivity contribution in [1.82, 2.24) is 0 Å². The van der Waals surface area contributed by atoms with Crippen molar-refractivity contribution in [2.75, 3.05) is 78.9 Å². The molecule has 0 saturated carbocycles. The molecule has 0 radical (unpaired) electrons. The van der Waals surface area contributed by atoms with Crippen LogP contribution in [0.5, 0.6) is 0 Å². The second-order valence-corrected chi connectivity index (χ2v) is 15.2. The third-order valence-corrected chi connectivity index (χ3v) is 8.12. The molecule has 0 unspecified atom stereocenters. The van der Waals surface area contributed by atoms with E-state index in [4.69, 9.17) is 28.4 Å². The van der Waals surface area contributed by atoms with Crippen LogP contribution < -0.4 is 0 Å². The molecule has 0 N–H and O–H groups in total. The normalized spacial score (nSPS) is 9.83. The molecular weight excluding hydrogens is 2010 g/mol. The summed E-state index contributed by atoms with van der Waals surface area (Å²) in [6, 6.07) is 0. The first-order valence-electron chi connectivity index (χ1n) is 26.7. The Labute approximate surface area is 541 Å². The largest absolute Gasteiger partial charge is 1.00 e. The van der Waals surface area contributed by atoms with Gasteiger partial charge in [0.1, 0.15) is 0 Å². The van der Waals surface area contributed by atoms with Crippen LogP contribution in [0.15, 0.2) is 30.0 Å². The fourth-order valence-electron chi connectivity index (χ4n) is 3.54. The Morgan fingerprint density at radius 3 is 0.403 bits per heavy atom. The summed E-state index contributed by atoms with van der Waals surface area (Å²) in [5.74, 6) is 0. The molecule has 456 valence electrons. The van der Waals surface area contributed by atoms with E-state index in [-0.39, 0.29) is 134 Å². The molecule has 0 aromatic rings. The van der Waals surface area contributed by atoms with Gasteiger partial charge in [0.2, 0.25) is 0 Å². The van der Waals surface area contributed by atoms with Crippen LogP contribution in [0.25, 0.3) is 0 Å². The van der Waals surface area contributed by atoms with Crippen LogP contribution in [0.3, 0.4) is 0 Å². The molecule has 0 rings (SSSR count). The molecule has 0 aromatic carbocycles. The molecule has 0 aliphatic carbocycles. The van der Waals surface area contributed by atoms with Gasteiger partial charge in [0.25, 0.3) is 0 Å². The molecule has 0 aliphatic heterocycles. The molecule has 12 nitrogen and oxygen atoms in total. The first kappa shape index (κ1) is 102. The number of hydrogen-bond acceptors (Lipinski definition) is 12. The fraction of sp³-hybridized carbons (Fsp3) is 0.889. The van der Waals surface area contributed by atoms with E-state index in [2.05, 4.69) is 151 Å². The summed E-state index contributed by atoms with van der Waals surface area (Å²) in [5.41, 5.74) is 0. The predicted octanol–water partition coefficient (Wildman–Crippen LogP) is 15.0. The zero-order valence-corrected chi connectivity index (χ0v) is 60.4. The molecule has 0 aliphatic rings. The molecule has 0 fully saturated rings. The first-order valence-corrected chi connectivity index (χ1v) is 26.7. The summed E-state index contributed by atoms with van der Waals surface area (Å²) >= 11 is 0. The Balaban J connectivity index is -0.0000000590. The van der Waals surface area contributed by atoms with Crippen LogP contribution in [-0.2, 0) is 163 Å². The van der Waals surface area contributed by atoms with E-state index in [1.807, 2.05) is 0 Å². The molecule has 0 aromatic heterocycles. The van der Waals surface area contributed by atoms with E-state index >= 15 is 0 Å². The van der Waals surface area contributed by atoms with Crippen LogP contribution >= 0.6 is 0 Å². The van der Waals surface area contributed by atoms with Gasteiger partial charge in [-0.1, -0.05) is 160 Å². The molecule has 72 heavy (non-hydrogen) atoms. The molecular formula is C54H108Au6N6O6. The number of unbranched alkanes of at least 4 members (excludes halogenated alkanes) is 12. The van der Waals surface area contributed by atoms with Crippen molar-refractivity contribution in [1.29, 1.82) is 0 Å². The van der Waals surface area contributed by atoms with Crippen molar-refractivity contribution in [3.05, 3.63) is 0 Å². The summed E-state index contributed by atoms with van der Waals surface area (Å²) in [6.07, 6.45) is 42.9. The average Bonchev–Trinajstić information content (AvgIpc) is 3.33. The predicted molar refractivity (Wildman–Crippen MR) is 288 cm³/mol. The van der Waals surface area contributed by atoms with Gasteiger partial charge in [-0.25, -0.2) is 38.4 Å². The van der Waals surface area contributed by atoms with Crippen molar-refractivity contribution in [3.63, 3.8) is 0 Å². The summed E-state index contributed by atoms with van der Waals surface area (Å²) in [5, 5.41) is 0. The number of aliphatic imine (C=N–C) groups is 6. The summed E-state index contributed by atoms with van der Waals surface area (Å²) in [6.45, 7) is 35.3. The van der Waals surface area contributed by atoms with Gasteiger partial charge in [-0.2, -0.15) is 0 Å². The Morgan fingerprint density at radius 2 is 0.306 bits per heavy atom. The minimum atomic E-state index is 0. The van der Waals surface area contributed by atoms with Crippen molar-refractivity contribution in [2.45, 2.75) is 237 Å². The SMILES string of the molecule is CCCCN=[C-]OCCCC.CCCCN=[C-]OCCCC.CCCCN=[C-]OCCCC.CCCCN=[C-]OCCCC.CCCCN=[C-]OCCCC.CCCCN=[C-]OCCCC.[Au+].[Au+].[Au+].[Au+].[Au+].[Au+]. The fourth-order valence-corrected chi connectivity index (χ4v) is 3.54. The zero-order valence-electron chi connectivity index (χ0n) is 47.4. The minimum Gasteiger partial charge on any atom is -0.675 e. The maximum atomic E-state index is 5.00. The number of hydrogen-bond donors (Lipinski definition) is 0. The first-order chi connectivity index (χ1) is 32.5. The van der Waals surface area contributed by atoms with Crippen LogP contribution in [-0.4, -0.2) is 117 Å². The van der Waals surface area contributed by atoms with E-state index in [1.165, 1.54) is 38.5 Å². The van der Waals surface area contributed by atoms with E-state index in [9.17, 15) is 0 Å². The standard InChI is InChI=1S/6C9H18NO.6Au/c6*1-3-5-7-10-9-11-8-6-4-2;;;;;;/h6*3-8H2,1-2H3;;;;;;/q6*-1;6*+1. The average molecular weight is 2120 g/mol. The topological polar surface area (TPSA) is 130 Å². The zero-order chi connectivity index (χ0) is 50.2. The monoisotopic (exact) mass is 2120 g/mol. The second kappa shape index (κ2) is 120. The van der Waals surface area contributed by atoms with Crippen LogP contribution in [0.4, 0.5) is 0 Å². The second-order valence-electron chi connectivity index (χ2n) is 15.2. The summed E-state index contributed by atoms with van der Waals surface area (Å²) < 4.78 is 30.0. The number of rotatable bonds is 42. The van der Waals surface area contributed by atoms with E-state index < -0.39 is 0 Å². The smallest absolute Gasteiger partial charge is 0.675 e. The van der Waals surface area contributed by atoms with Crippen molar-refractivity contribution in [2.24, 2.45) is 30.0 Å². The molecule has 0 amide bonds. The van der Waals surface area contributed by atoms with Crippen LogP contribution in [0, 0.1) is 0 Å². The molecule has 0 heterocycles. The van der Waals surface area contributed by atoms with E-state index in [0.29, 0.717) is 0 Å². The van der Waals surface area contributed by atoms with Gasteiger partial charge < -0.3 is 58.4 Å². The Morgan fingerprint density at radius 1 is 0.194 bits per heavy atom. The third kappa shape index (κ3) is 145. The number of nitrogens with zero attached hydrogens (tertiary/aromatic N) is 6. The molecule has 0 atom stereocenters. The van der Waals surface area contributed by atoms with E-state index in [0.717, 1.165) is 194 Å². The van der Waals surface area contributed by atoms with Gasteiger partial charge in [0, 0.05) is 78.9 Å². The molecule has 18 heteroatoms. The van der Waals surface area contributed by atoms with Crippen molar-refractivity contribution >= 4 is 38.4 Å². The maximum absolute atomic E-state index is 5.00. The molecule has 0 saturated heterocycles.